The highest BCUT2D eigenvalue weighted by atomic mass is 32.2. The van der Waals surface area contributed by atoms with Gasteiger partial charge in [0.2, 0.25) is 5.78 Å². The van der Waals surface area contributed by atoms with E-state index in [-0.39, 0.29) is 14.8 Å². The molecule has 88 valence electrons. The van der Waals surface area contributed by atoms with Crippen LogP contribution < -0.4 is 0 Å². The second-order valence-corrected chi connectivity index (χ2v) is 5.19. The molecule has 0 bridgehead atoms. The lowest BCUT2D eigenvalue weighted by molar-refractivity contribution is -0.139. The zero-order valence-electron chi connectivity index (χ0n) is 8.71. The summed E-state index contributed by atoms with van der Waals surface area (Å²) in [7, 11) is -4.23. The summed E-state index contributed by atoms with van der Waals surface area (Å²) in [6.45, 7) is 0.911. The zero-order valence-corrected chi connectivity index (χ0v) is 9.52. The summed E-state index contributed by atoms with van der Waals surface area (Å²) in [5.74, 6) is -3.33. The van der Waals surface area contributed by atoms with Gasteiger partial charge in [-0.25, -0.2) is 8.42 Å². The quantitative estimate of drug-likeness (QED) is 0.654. The van der Waals surface area contributed by atoms with Crippen LogP contribution in [0.3, 0.4) is 0 Å². The van der Waals surface area contributed by atoms with Crippen LogP contribution in [0.15, 0.2) is 29.2 Å². The number of nitrogens with zero attached hydrogens (tertiary/aromatic N) is 1. The Bertz CT molecular complexity index is 646. The molecule has 1 aliphatic heterocycles. The molecule has 0 radical (unpaired) electrons. The summed E-state index contributed by atoms with van der Waals surface area (Å²) >= 11 is 0. The summed E-state index contributed by atoms with van der Waals surface area (Å²) in [5.41, 5.74) is -0.0953. The molecule has 1 heterocycles. The number of fused-ring (bicyclic) bond motifs is 1. The van der Waals surface area contributed by atoms with Gasteiger partial charge in [0.15, 0.2) is 0 Å². The predicted molar refractivity (Wildman–Crippen MR) is 55.5 cm³/mol. The van der Waals surface area contributed by atoms with E-state index in [0.717, 1.165) is 6.92 Å². The molecule has 1 aromatic carbocycles. The fourth-order valence-corrected chi connectivity index (χ4v) is 3.07. The highest BCUT2D eigenvalue weighted by Crippen LogP contribution is 2.29. The molecule has 0 N–H and O–H groups in total. The Labute approximate surface area is 96.9 Å². The van der Waals surface area contributed by atoms with Crippen LogP contribution >= 0.6 is 0 Å². The Morgan fingerprint density at radius 2 is 1.76 bits per heavy atom. The summed E-state index contributed by atoms with van der Waals surface area (Å²) in [6, 6.07) is 5.43. The van der Waals surface area contributed by atoms with Crippen molar-refractivity contribution in [3.05, 3.63) is 29.8 Å². The molecule has 1 aliphatic rings. The minimum atomic E-state index is -4.23. The maximum Gasteiger partial charge on any atom is 0.310 e. The number of carbonyl (C=O) groups is 3. The topological polar surface area (TPSA) is 88.6 Å². The number of Topliss-reactive ketones (excluding diaryl/α,β-unsaturated/α-hetero) is 1. The number of rotatable bonds is 1. The number of carbonyl (C=O) groups excluding carboxylic acids is 3. The first kappa shape index (κ1) is 11.5. The van der Waals surface area contributed by atoms with Crippen molar-refractivity contribution in [3.63, 3.8) is 0 Å². The van der Waals surface area contributed by atoms with E-state index in [2.05, 4.69) is 0 Å². The first-order valence-corrected chi connectivity index (χ1v) is 6.05. The fourth-order valence-electron chi connectivity index (χ4n) is 1.53. The Kier molecular flexibility index (Phi) is 2.35. The molecule has 0 fully saturated rings. The number of sulfonamides is 1. The van der Waals surface area contributed by atoms with E-state index in [1.807, 2.05) is 0 Å². The SMILES string of the molecule is CC(=O)C(=O)N1C(=O)c2ccccc2S1(=O)=O. The molecule has 0 saturated carbocycles. The lowest BCUT2D eigenvalue weighted by Crippen LogP contribution is -2.39. The maximum atomic E-state index is 11.9. The summed E-state index contributed by atoms with van der Waals surface area (Å²) < 4.78 is 23.8. The lowest BCUT2D eigenvalue weighted by atomic mass is 10.2. The third-order valence-electron chi connectivity index (χ3n) is 2.31. The van der Waals surface area contributed by atoms with Crippen LogP contribution in [0.4, 0.5) is 0 Å². The molecule has 0 saturated heterocycles. The molecule has 1 aromatic rings. The third kappa shape index (κ3) is 1.47. The van der Waals surface area contributed by atoms with Gasteiger partial charge >= 0.3 is 5.91 Å². The number of amides is 2. The second kappa shape index (κ2) is 3.49. The molecule has 0 spiro atoms. The minimum absolute atomic E-state index is 0.0139. The van der Waals surface area contributed by atoms with Gasteiger partial charge in [-0.15, -0.1) is 0 Å². The van der Waals surface area contributed by atoms with Gasteiger partial charge in [0, 0.05) is 6.92 Å². The summed E-state index contributed by atoms with van der Waals surface area (Å²) in [4.78, 5) is 33.8. The van der Waals surface area contributed by atoms with Gasteiger partial charge in [-0.3, -0.25) is 14.4 Å². The van der Waals surface area contributed by atoms with Crippen molar-refractivity contribution in [2.45, 2.75) is 11.8 Å². The van der Waals surface area contributed by atoms with Gasteiger partial charge in [0.25, 0.3) is 15.9 Å². The number of hydrogen-bond donors (Lipinski definition) is 0. The highest BCUT2D eigenvalue weighted by Gasteiger charge is 2.46. The fraction of sp³-hybridized carbons (Fsp3) is 0.100. The van der Waals surface area contributed by atoms with Crippen molar-refractivity contribution in [3.8, 4) is 0 Å². The number of imide groups is 1. The second-order valence-electron chi connectivity index (χ2n) is 3.43. The van der Waals surface area contributed by atoms with Crippen LogP contribution in [0, 0.1) is 0 Å². The Morgan fingerprint density at radius 3 is 2.29 bits per heavy atom. The van der Waals surface area contributed by atoms with Crippen LogP contribution in [0.1, 0.15) is 17.3 Å². The molecule has 0 unspecified atom stereocenters. The van der Waals surface area contributed by atoms with E-state index in [9.17, 15) is 22.8 Å². The van der Waals surface area contributed by atoms with Crippen LogP contribution in [0.5, 0.6) is 0 Å². The highest BCUT2D eigenvalue weighted by molar-refractivity contribution is 7.91. The van der Waals surface area contributed by atoms with E-state index in [1.165, 1.54) is 24.3 Å². The standard InChI is InChI=1S/C10H7NO5S/c1-6(12)9(13)11-10(14)7-4-2-3-5-8(7)17(11,15)16/h2-5H,1H3. The molecule has 7 heteroatoms. The molecule has 0 aliphatic carbocycles. The van der Waals surface area contributed by atoms with Gasteiger partial charge in [-0.2, -0.15) is 4.31 Å². The van der Waals surface area contributed by atoms with E-state index < -0.39 is 27.6 Å². The Balaban J connectivity index is 2.67. The van der Waals surface area contributed by atoms with Gasteiger partial charge in [0.1, 0.15) is 4.90 Å². The van der Waals surface area contributed by atoms with Crippen molar-refractivity contribution in [2.24, 2.45) is 0 Å². The van der Waals surface area contributed by atoms with Crippen molar-refractivity contribution in [2.75, 3.05) is 0 Å². The minimum Gasteiger partial charge on any atom is -0.289 e. The number of hydrogen-bond acceptors (Lipinski definition) is 5. The van der Waals surface area contributed by atoms with Crippen molar-refractivity contribution in [1.82, 2.24) is 4.31 Å². The normalized spacial score (nSPS) is 16.8. The van der Waals surface area contributed by atoms with Crippen LogP contribution in [0.2, 0.25) is 0 Å². The molecule has 17 heavy (non-hydrogen) atoms. The van der Waals surface area contributed by atoms with Crippen LogP contribution in [0.25, 0.3) is 0 Å². The molecule has 0 aromatic heterocycles. The van der Waals surface area contributed by atoms with Crippen LogP contribution in [-0.2, 0) is 19.6 Å². The summed E-state index contributed by atoms with van der Waals surface area (Å²) in [6.07, 6.45) is 0. The first-order valence-electron chi connectivity index (χ1n) is 4.61. The van der Waals surface area contributed by atoms with Crippen LogP contribution in [-0.4, -0.2) is 30.3 Å². The first-order chi connectivity index (χ1) is 7.87. The maximum absolute atomic E-state index is 11.9. The molecule has 2 rings (SSSR count). The van der Waals surface area contributed by atoms with Crippen molar-refractivity contribution < 1.29 is 22.8 Å². The van der Waals surface area contributed by atoms with E-state index in [0.29, 0.717) is 0 Å². The molecule has 6 nitrogen and oxygen atoms in total. The third-order valence-corrected chi connectivity index (χ3v) is 4.03. The Hall–Kier alpha value is -2.02. The molecule has 2 amide bonds. The van der Waals surface area contributed by atoms with E-state index >= 15 is 0 Å². The number of benzene rings is 1. The average molecular weight is 253 g/mol. The van der Waals surface area contributed by atoms with Crippen molar-refractivity contribution >= 4 is 27.6 Å². The summed E-state index contributed by atoms with van der Waals surface area (Å²) in [5, 5.41) is 0. The van der Waals surface area contributed by atoms with Gasteiger partial charge in [-0.1, -0.05) is 12.1 Å². The van der Waals surface area contributed by atoms with E-state index in [1.54, 1.807) is 0 Å². The van der Waals surface area contributed by atoms with Crippen molar-refractivity contribution in [1.29, 1.82) is 0 Å². The monoisotopic (exact) mass is 253 g/mol. The largest absolute Gasteiger partial charge is 0.310 e. The van der Waals surface area contributed by atoms with Gasteiger partial charge in [-0.05, 0) is 12.1 Å². The molecule has 0 atom stereocenters. The zero-order chi connectivity index (χ0) is 12.8. The smallest absolute Gasteiger partial charge is 0.289 e. The Morgan fingerprint density at radius 1 is 1.18 bits per heavy atom. The predicted octanol–water partition coefficient (Wildman–Crippen LogP) is -0.0533. The lowest BCUT2D eigenvalue weighted by Gasteiger charge is -2.10. The van der Waals surface area contributed by atoms with Gasteiger partial charge < -0.3 is 0 Å². The average Bonchev–Trinajstić information content (AvgIpc) is 2.47. The molecular weight excluding hydrogens is 246 g/mol. The van der Waals surface area contributed by atoms with E-state index in [4.69, 9.17) is 0 Å². The number of ketones is 1. The van der Waals surface area contributed by atoms with Gasteiger partial charge in [0.05, 0.1) is 5.56 Å². The molecular formula is C10H7NO5S.